The minimum Gasteiger partial charge on any atom is -0.329 e. The van der Waals surface area contributed by atoms with Crippen molar-refractivity contribution in [1.29, 1.82) is 0 Å². The minimum atomic E-state index is 0.212. The summed E-state index contributed by atoms with van der Waals surface area (Å²) >= 11 is 1.82. The average molecular weight is 396 g/mol. The highest BCUT2D eigenvalue weighted by Crippen LogP contribution is 2.48. The molecule has 0 saturated carbocycles. The third-order valence-corrected chi connectivity index (χ3v) is 6.28. The molecule has 1 aliphatic rings. The van der Waals surface area contributed by atoms with Gasteiger partial charge in [0.2, 0.25) is 0 Å². The van der Waals surface area contributed by atoms with Gasteiger partial charge in [-0.05, 0) is 19.7 Å². The number of aromatic nitrogens is 3. The molecule has 0 amide bonds. The van der Waals surface area contributed by atoms with Crippen LogP contribution in [0.1, 0.15) is 41.2 Å². The Labute approximate surface area is 171 Å². The maximum atomic E-state index is 4.76. The molecule has 3 aromatic rings. The predicted molar refractivity (Wildman–Crippen MR) is 114 cm³/mol. The summed E-state index contributed by atoms with van der Waals surface area (Å²) in [5, 5.41) is 1.19. The molecular weight excluding hydrogens is 366 g/mol. The molecule has 0 radical (unpaired) electrons. The van der Waals surface area contributed by atoms with Crippen molar-refractivity contribution < 1.29 is 0 Å². The average Bonchev–Trinajstić information content (AvgIpc) is 3.24. The van der Waals surface area contributed by atoms with Crippen LogP contribution in [0.15, 0.2) is 48.9 Å². The van der Waals surface area contributed by atoms with E-state index in [2.05, 4.69) is 83.8 Å². The molecule has 1 fully saturated rings. The van der Waals surface area contributed by atoms with Crippen LogP contribution in [0.5, 0.6) is 0 Å². The summed E-state index contributed by atoms with van der Waals surface area (Å²) in [4.78, 5) is 15.5. The molecule has 5 nitrogen and oxygen atoms in total. The molecule has 148 valence electrons. The number of hydrogen-bond donors (Lipinski definition) is 0. The molecule has 6 heteroatoms. The van der Waals surface area contributed by atoms with Gasteiger partial charge in [-0.2, -0.15) is 0 Å². The van der Waals surface area contributed by atoms with E-state index in [4.69, 9.17) is 4.98 Å². The van der Waals surface area contributed by atoms with Gasteiger partial charge in [-0.15, -0.1) is 11.3 Å². The Morgan fingerprint density at radius 3 is 2.64 bits per heavy atom. The molecule has 1 aromatic carbocycles. The van der Waals surface area contributed by atoms with Gasteiger partial charge in [0.1, 0.15) is 10.8 Å². The van der Waals surface area contributed by atoms with Crippen molar-refractivity contribution >= 4 is 11.3 Å². The largest absolute Gasteiger partial charge is 0.329 e. The lowest BCUT2D eigenvalue weighted by molar-refractivity contribution is -0.0652. The Hall–Kier alpha value is -2.02. The van der Waals surface area contributed by atoms with Gasteiger partial charge in [-0.1, -0.05) is 44.2 Å². The van der Waals surface area contributed by atoms with E-state index in [0.717, 1.165) is 32.0 Å². The molecule has 1 saturated heterocycles. The molecule has 28 heavy (non-hydrogen) atoms. The number of thiazole rings is 1. The first-order chi connectivity index (χ1) is 13.4. The third-order valence-electron chi connectivity index (χ3n) is 5.32. The third kappa shape index (κ3) is 4.04. The monoisotopic (exact) mass is 395 g/mol. The number of rotatable bonds is 7. The molecular formula is C22H29N5S. The Morgan fingerprint density at radius 1 is 1.14 bits per heavy atom. The van der Waals surface area contributed by atoms with Gasteiger partial charge < -0.3 is 9.47 Å². The van der Waals surface area contributed by atoms with Crippen molar-refractivity contribution in [3.05, 3.63) is 70.2 Å². The Morgan fingerprint density at radius 2 is 1.93 bits per heavy atom. The number of benzene rings is 1. The first kappa shape index (κ1) is 19.3. The second-order valence-electron chi connectivity index (χ2n) is 8.65. The van der Waals surface area contributed by atoms with Gasteiger partial charge in [-0.3, -0.25) is 4.90 Å². The highest BCUT2D eigenvalue weighted by atomic mass is 32.1. The summed E-state index contributed by atoms with van der Waals surface area (Å²) in [7, 11) is 4.19. The Kier molecular flexibility index (Phi) is 5.36. The summed E-state index contributed by atoms with van der Waals surface area (Å²) in [6.45, 7) is 8.46. The van der Waals surface area contributed by atoms with E-state index in [1.807, 2.05) is 23.7 Å². The van der Waals surface area contributed by atoms with Crippen LogP contribution in [-0.2, 0) is 19.6 Å². The van der Waals surface area contributed by atoms with Gasteiger partial charge >= 0.3 is 0 Å². The van der Waals surface area contributed by atoms with E-state index < -0.39 is 0 Å². The highest BCUT2D eigenvalue weighted by molar-refractivity contribution is 7.11. The molecule has 3 heterocycles. The molecule has 2 aromatic heterocycles. The fourth-order valence-electron chi connectivity index (χ4n) is 4.20. The van der Waals surface area contributed by atoms with Crippen molar-refractivity contribution in [2.24, 2.45) is 5.41 Å². The second-order valence-corrected chi connectivity index (χ2v) is 9.85. The lowest BCUT2D eigenvalue weighted by Crippen LogP contribution is -2.55. The second kappa shape index (κ2) is 7.78. The van der Waals surface area contributed by atoms with Crippen molar-refractivity contribution in [2.75, 3.05) is 20.6 Å². The van der Waals surface area contributed by atoms with Crippen LogP contribution in [0.4, 0.5) is 0 Å². The smallest absolute Gasteiger partial charge is 0.126 e. The molecule has 0 aliphatic carbocycles. The van der Waals surface area contributed by atoms with Crippen LogP contribution in [0.2, 0.25) is 0 Å². The maximum absolute atomic E-state index is 4.76. The molecule has 1 atom stereocenters. The van der Waals surface area contributed by atoms with Crippen LogP contribution >= 0.6 is 11.3 Å². The lowest BCUT2D eigenvalue weighted by Gasteiger charge is -2.53. The fraction of sp³-hybridized carbons (Fsp3) is 0.455. The van der Waals surface area contributed by atoms with E-state index >= 15 is 0 Å². The maximum Gasteiger partial charge on any atom is 0.126 e. The van der Waals surface area contributed by atoms with E-state index in [-0.39, 0.29) is 5.41 Å². The van der Waals surface area contributed by atoms with E-state index in [0.29, 0.717) is 6.04 Å². The molecule has 0 N–H and O–H groups in total. The Balaban J connectivity index is 1.51. The zero-order chi connectivity index (χ0) is 19.7. The quantitative estimate of drug-likeness (QED) is 0.605. The van der Waals surface area contributed by atoms with E-state index in [1.165, 1.54) is 15.4 Å². The van der Waals surface area contributed by atoms with E-state index in [9.17, 15) is 0 Å². The predicted octanol–water partition coefficient (Wildman–Crippen LogP) is 4.03. The van der Waals surface area contributed by atoms with Crippen molar-refractivity contribution in [2.45, 2.75) is 39.5 Å². The minimum absolute atomic E-state index is 0.212. The van der Waals surface area contributed by atoms with Crippen LogP contribution in [-0.4, -0.2) is 45.0 Å². The topological polar surface area (TPSA) is 37.2 Å². The normalized spacial score (nSPS) is 19.1. The van der Waals surface area contributed by atoms with Crippen LogP contribution < -0.4 is 0 Å². The molecule has 4 rings (SSSR count). The molecule has 1 aliphatic heterocycles. The number of likely N-dealkylation sites (tertiary alicyclic amines) is 1. The number of imidazole rings is 1. The number of hydrogen-bond acceptors (Lipinski definition) is 5. The summed E-state index contributed by atoms with van der Waals surface area (Å²) in [6.07, 6.45) is 6.06. The van der Waals surface area contributed by atoms with Crippen molar-refractivity contribution in [3.63, 3.8) is 0 Å². The first-order valence-electron chi connectivity index (χ1n) is 9.80. The first-order valence-corrected chi connectivity index (χ1v) is 10.6. The summed E-state index contributed by atoms with van der Waals surface area (Å²) < 4.78 is 2.30. The standard InChI is InChI=1S/C22H29N5S/c1-22(2)16-27(15-19-24-12-18(28-19)14-25(3)4)20(22)21-23-10-11-26(21)13-17-8-6-5-7-9-17/h5-12,20H,13-16H2,1-4H3. The summed E-state index contributed by atoms with van der Waals surface area (Å²) in [5.41, 5.74) is 1.52. The zero-order valence-electron chi connectivity index (χ0n) is 17.2. The molecule has 1 unspecified atom stereocenters. The van der Waals surface area contributed by atoms with Crippen molar-refractivity contribution in [1.82, 2.24) is 24.3 Å². The lowest BCUT2D eigenvalue weighted by atomic mass is 9.74. The van der Waals surface area contributed by atoms with Gasteiger partial charge in [-0.25, -0.2) is 9.97 Å². The van der Waals surface area contributed by atoms with Crippen LogP contribution in [0.3, 0.4) is 0 Å². The summed E-state index contributed by atoms with van der Waals surface area (Å²) in [5.74, 6) is 1.16. The van der Waals surface area contributed by atoms with Crippen LogP contribution in [0, 0.1) is 5.41 Å². The fourth-order valence-corrected chi connectivity index (χ4v) is 5.27. The van der Waals surface area contributed by atoms with Crippen molar-refractivity contribution in [3.8, 4) is 0 Å². The molecule has 0 bridgehead atoms. The van der Waals surface area contributed by atoms with Crippen LogP contribution in [0.25, 0.3) is 0 Å². The highest BCUT2D eigenvalue weighted by Gasteiger charge is 2.48. The SMILES string of the molecule is CN(C)Cc1cnc(CN2CC(C)(C)C2c2nccn2Cc2ccccc2)s1. The van der Waals surface area contributed by atoms with Gasteiger partial charge in [0, 0.05) is 48.5 Å². The van der Waals surface area contributed by atoms with Gasteiger partial charge in [0.25, 0.3) is 0 Å². The summed E-state index contributed by atoms with van der Waals surface area (Å²) in [6, 6.07) is 10.9. The van der Waals surface area contributed by atoms with E-state index in [1.54, 1.807) is 0 Å². The number of nitrogens with zero attached hydrogens (tertiary/aromatic N) is 5. The Bertz CT molecular complexity index is 912. The molecule has 0 spiro atoms. The zero-order valence-corrected chi connectivity index (χ0v) is 18.0. The van der Waals surface area contributed by atoms with Gasteiger partial charge in [0.15, 0.2) is 0 Å². The van der Waals surface area contributed by atoms with Gasteiger partial charge in [0.05, 0.1) is 12.6 Å².